The topological polar surface area (TPSA) is 48.9 Å². The molecule has 2 aliphatic heterocycles. The van der Waals surface area contributed by atoms with Gasteiger partial charge in [0.25, 0.3) is 0 Å². The molecule has 7 heteroatoms. The Labute approximate surface area is 201 Å². The van der Waals surface area contributed by atoms with Gasteiger partial charge in [0.2, 0.25) is 0 Å². The van der Waals surface area contributed by atoms with Crippen molar-refractivity contribution in [3.05, 3.63) is 66.0 Å². The number of nitrogens with one attached hydrogen (secondary N) is 2. The molecule has 0 saturated carbocycles. The van der Waals surface area contributed by atoms with Crippen LogP contribution < -0.4 is 15.5 Å². The summed E-state index contributed by atoms with van der Waals surface area (Å²) in [4.78, 5) is 6.86. The number of hydrogen-bond donors (Lipinski definition) is 2. The zero-order chi connectivity index (χ0) is 20.8. The number of halogens is 2. The molecule has 2 fully saturated rings. The maximum absolute atomic E-state index is 13.5. The third-order valence-corrected chi connectivity index (χ3v) is 6.37. The van der Waals surface area contributed by atoms with Crippen molar-refractivity contribution in [2.75, 3.05) is 44.8 Å². The molecule has 2 heterocycles. The van der Waals surface area contributed by atoms with Crippen LogP contribution in [0.25, 0.3) is 0 Å². The lowest BCUT2D eigenvalue weighted by molar-refractivity contribution is 0.0513. The Balaban J connectivity index is 0.00000272. The Morgan fingerprint density at radius 3 is 2.52 bits per heavy atom. The van der Waals surface area contributed by atoms with Gasteiger partial charge in [0.15, 0.2) is 5.96 Å². The van der Waals surface area contributed by atoms with Crippen LogP contribution in [-0.2, 0) is 10.2 Å². The van der Waals surface area contributed by atoms with Crippen molar-refractivity contribution in [3.63, 3.8) is 0 Å². The normalized spacial score (nSPS) is 20.8. The van der Waals surface area contributed by atoms with Crippen LogP contribution in [0.2, 0.25) is 0 Å². The second kappa shape index (κ2) is 11.1. The van der Waals surface area contributed by atoms with Crippen LogP contribution in [0.1, 0.15) is 24.8 Å². The molecule has 31 heavy (non-hydrogen) atoms. The zero-order valence-corrected chi connectivity index (χ0v) is 20.3. The first-order chi connectivity index (χ1) is 14.7. The van der Waals surface area contributed by atoms with Crippen molar-refractivity contribution >= 4 is 35.6 Å². The minimum absolute atomic E-state index is 0. The molecule has 168 valence electrons. The Morgan fingerprint density at radius 1 is 1.13 bits per heavy atom. The van der Waals surface area contributed by atoms with E-state index in [9.17, 15) is 4.39 Å². The van der Waals surface area contributed by atoms with Gasteiger partial charge in [-0.2, -0.15) is 0 Å². The fourth-order valence-electron chi connectivity index (χ4n) is 4.53. The van der Waals surface area contributed by atoms with Gasteiger partial charge in [0.05, 0.1) is 0 Å². The minimum atomic E-state index is -0.199. The van der Waals surface area contributed by atoms with Gasteiger partial charge in [-0.1, -0.05) is 30.3 Å². The molecule has 2 aromatic rings. The molecule has 5 nitrogen and oxygen atoms in total. The van der Waals surface area contributed by atoms with Crippen molar-refractivity contribution in [2.24, 2.45) is 4.99 Å². The molecular weight excluding hydrogens is 506 g/mol. The molecule has 2 aliphatic rings. The number of aliphatic imine (C=N–C) groups is 1. The molecule has 0 aliphatic carbocycles. The Bertz CT molecular complexity index is 840. The van der Waals surface area contributed by atoms with E-state index in [4.69, 9.17) is 4.74 Å². The third kappa shape index (κ3) is 5.88. The summed E-state index contributed by atoms with van der Waals surface area (Å²) in [5.74, 6) is 0.624. The standard InChI is InChI=1S/C24H31FN4O.HI/c1-26-23(28-21-11-14-29(17-21)22-5-3-2-4-6-22)27-18-24(12-15-30-16-13-24)19-7-9-20(25)10-8-19;/h2-10,21H,11-18H2,1H3,(H2,26,27,28);1H. The Morgan fingerprint density at radius 2 is 1.84 bits per heavy atom. The average molecular weight is 538 g/mol. The molecule has 0 amide bonds. The SMILES string of the molecule is CN=C(NCC1(c2ccc(F)cc2)CCOCC1)NC1CCN(c2ccccc2)C1.I. The van der Waals surface area contributed by atoms with Gasteiger partial charge in [-0.3, -0.25) is 4.99 Å². The lowest BCUT2D eigenvalue weighted by Gasteiger charge is -2.38. The molecule has 2 N–H and O–H groups in total. The number of hydrogen-bond acceptors (Lipinski definition) is 3. The highest BCUT2D eigenvalue weighted by Gasteiger charge is 2.35. The lowest BCUT2D eigenvalue weighted by Crippen LogP contribution is -2.50. The summed E-state index contributed by atoms with van der Waals surface area (Å²) < 4.78 is 19.1. The molecule has 4 rings (SSSR count). The van der Waals surface area contributed by atoms with Gasteiger partial charge in [-0.05, 0) is 49.1 Å². The smallest absolute Gasteiger partial charge is 0.191 e. The second-order valence-electron chi connectivity index (χ2n) is 8.24. The predicted octanol–water partition coefficient (Wildman–Crippen LogP) is 3.94. The van der Waals surface area contributed by atoms with Crippen molar-refractivity contribution < 1.29 is 9.13 Å². The van der Waals surface area contributed by atoms with Gasteiger partial charge in [-0.25, -0.2) is 4.39 Å². The van der Waals surface area contributed by atoms with Gasteiger partial charge in [-0.15, -0.1) is 24.0 Å². The summed E-state index contributed by atoms with van der Waals surface area (Å²) in [6, 6.07) is 17.8. The minimum Gasteiger partial charge on any atom is -0.381 e. The summed E-state index contributed by atoms with van der Waals surface area (Å²) in [6.07, 6.45) is 2.90. The van der Waals surface area contributed by atoms with Crippen LogP contribution in [0.4, 0.5) is 10.1 Å². The first-order valence-corrected chi connectivity index (χ1v) is 10.8. The van der Waals surface area contributed by atoms with Gasteiger partial charge in [0.1, 0.15) is 5.82 Å². The molecule has 0 radical (unpaired) electrons. The van der Waals surface area contributed by atoms with E-state index < -0.39 is 0 Å². The van der Waals surface area contributed by atoms with E-state index >= 15 is 0 Å². The summed E-state index contributed by atoms with van der Waals surface area (Å²) >= 11 is 0. The van der Waals surface area contributed by atoms with Crippen LogP contribution >= 0.6 is 24.0 Å². The molecule has 2 aromatic carbocycles. The number of guanidine groups is 1. The number of para-hydroxylation sites is 1. The van der Waals surface area contributed by atoms with E-state index in [1.807, 2.05) is 25.2 Å². The number of rotatable bonds is 5. The summed E-state index contributed by atoms with van der Waals surface area (Å²) in [7, 11) is 1.81. The summed E-state index contributed by atoms with van der Waals surface area (Å²) in [5.41, 5.74) is 2.35. The van der Waals surface area contributed by atoms with E-state index in [-0.39, 0.29) is 35.2 Å². The van der Waals surface area contributed by atoms with Crippen LogP contribution in [-0.4, -0.2) is 51.9 Å². The number of anilines is 1. The number of benzene rings is 2. The van der Waals surface area contributed by atoms with Crippen LogP contribution in [0.3, 0.4) is 0 Å². The van der Waals surface area contributed by atoms with Crippen LogP contribution in [0, 0.1) is 5.82 Å². The molecule has 2 saturated heterocycles. The summed E-state index contributed by atoms with van der Waals surface area (Å²) in [6.45, 7) is 4.19. The first-order valence-electron chi connectivity index (χ1n) is 10.8. The first kappa shape index (κ1) is 23.8. The van der Waals surface area contributed by atoms with E-state index in [1.54, 1.807) is 12.1 Å². The maximum atomic E-state index is 13.5. The highest BCUT2D eigenvalue weighted by molar-refractivity contribution is 14.0. The second-order valence-corrected chi connectivity index (χ2v) is 8.24. The van der Waals surface area contributed by atoms with E-state index in [0.717, 1.165) is 63.6 Å². The third-order valence-electron chi connectivity index (χ3n) is 6.37. The van der Waals surface area contributed by atoms with Crippen LogP contribution in [0.15, 0.2) is 59.6 Å². The average Bonchev–Trinajstić information content (AvgIpc) is 3.27. The number of ether oxygens (including phenoxy) is 1. The zero-order valence-electron chi connectivity index (χ0n) is 18.0. The van der Waals surface area contributed by atoms with E-state index in [2.05, 4.69) is 44.8 Å². The van der Waals surface area contributed by atoms with Gasteiger partial charge in [0, 0.05) is 57.0 Å². The Hall–Kier alpha value is -1.87. The molecule has 1 atom stereocenters. The monoisotopic (exact) mass is 538 g/mol. The van der Waals surface area contributed by atoms with Gasteiger partial charge >= 0.3 is 0 Å². The Kier molecular flexibility index (Phi) is 8.54. The lowest BCUT2D eigenvalue weighted by atomic mass is 9.74. The predicted molar refractivity (Wildman–Crippen MR) is 135 cm³/mol. The number of nitrogens with zero attached hydrogens (tertiary/aromatic N) is 2. The largest absolute Gasteiger partial charge is 0.381 e. The van der Waals surface area contributed by atoms with Crippen LogP contribution in [0.5, 0.6) is 0 Å². The van der Waals surface area contributed by atoms with E-state index in [0.29, 0.717) is 6.04 Å². The highest BCUT2D eigenvalue weighted by atomic mass is 127. The maximum Gasteiger partial charge on any atom is 0.191 e. The summed E-state index contributed by atoms with van der Waals surface area (Å²) in [5, 5.41) is 7.13. The van der Waals surface area contributed by atoms with Crippen molar-refractivity contribution in [2.45, 2.75) is 30.7 Å². The van der Waals surface area contributed by atoms with E-state index in [1.165, 1.54) is 5.69 Å². The van der Waals surface area contributed by atoms with Crippen molar-refractivity contribution in [3.8, 4) is 0 Å². The quantitative estimate of drug-likeness (QED) is 0.344. The fourth-order valence-corrected chi connectivity index (χ4v) is 4.53. The molecule has 0 bridgehead atoms. The molecule has 1 unspecified atom stereocenters. The molecule has 0 spiro atoms. The molecule has 0 aromatic heterocycles. The fraction of sp³-hybridized carbons (Fsp3) is 0.458. The molecular formula is C24H32FIN4O. The van der Waals surface area contributed by atoms with Crippen molar-refractivity contribution in [1.82, 2.24) is 10.6 Å². The van der Waals surface area contributed by atoms with Gasteiger partial charge < -0.3 is 20.3 Å². The van der Waals surface area contributed by atoms with Crippen molar-refractivity contribution in [1.29, 1.82) is 0 Å². The highest BCUT2D eigenvalue weighted by Crippen LogP contribution is 2.34.